The molecule has 0 bridgehead atoms. The Morgan fingerprint density at radius 1 is 1.65 bits per heavy atom. The molecule has 5 nitrogen and oxygen atoms in total. The van der Waals surface area contributed by atoms with E-state index in [1.807, 2.05) is 14.0 Å². The molecule has 0 atom stereocenters. The van der Waals surface area contributed by atoms with Gasteiger partial charge in [0.2, 0.25) is 0 Å². The van der Waals surface area contributed by atoms with Gasteiger partial charge in [-0.1, -0.05) is 11.8 Å². The highest BCUT2D eigenvalue weighted by molar-refractivity contribution is 7.98. The minimum absolute atomic E-state index is 0.385. The van der Waals surface area contributed by atoms with Crippen molar-refractivity contribution in [1.29, 1.82) is 0 Å². The van der Waals surface area contributed by atoms with E-state index in [9.17, 15) is 4.79 Å². The number of hydrogen-bond donors (Lipinski definition) is 1. The van der Waals surface area contributed by atoms with Crippen molar-refractivity contribution in [3.63, 3.8) is 0 Å². The van der Waals surface area contributed by atoms with E-state index < -0.39 is 5.97 Å². The van der Waals surface area contributed by atoms with Gasteiger partial charge < -0.3 is 5.11 Å². The molecule has 0 unspecified atom stereocenters. The molecule has 0 aliphatic heterocycles. The van der Waals surface area contributed by atoms with E-state index in [2.05, 4.69) is 10.1 Å². The molecule has 0 aliphatic rings. The number of thiophene rings is 1. The predicted molar refractivity (Wildman–Crippen MR) is 66.6 cm³/mol. The van der Waals surface area contributed by atoms with Crippen LogP contribution in [0.3, 0.4) is 0 Å². The maximum atomic E-state index is 10.8. The molecule has 90 valence electrons. The van der Waals surface area contributed by atoms with Gasteiger partial charge in [0.1, 0.15) is 11.2 Å². The molecule has 0 aliphatic carbocycles. The summed E-state index contributed by atoms with van der Waals surface area (Å²) in [6.07, 6.45) is 1.51. The fourth-order valence-electron chi connectivity index (χ4n) is 1.33. The molecular formula is C10H11N3O2S2. The molecule has 2 aromatic heterocycles. The van der Waals surface area contributed by atoms with Crippen molar-refractivity contribution in [2.45, 2.75) is 17.8 Å². The minimum atomic E-state index is -0.868. The van der Waals surface area contributed by atoms with Gasteiger partial charge in [0, 0.05) is 17.7 Å². The SMILES string of the molecule is Cc1sc(C(=O)O)cc1CSc1ncnn1C. The van der Waals surface area contributed by atoms with Crippen molar-refractivity contribution < 1.29 is 9.90 Å². The summed E-state index contributed by atoms with van der Waals surface area (Å²) >= 11 is 2.86. The van der Waals surface area contributed by atoms with Crippen molar-refractivity contribution in [2.24, 2.45) is 7.05 Å². The van der Waals surface area contributed by atoms with Crippen LogP contribution in [0.15, 0.2) is 17.6 Å². The molecule has 2 rings (SSSR count). The second-order valence-electron chi connectivity index (χ2n) is 3.45. The zero-order valence-corrected chi connectivity index (χ0v) is 11.0. The molecule has 17 heavy (non-hydrogen) atoms. The molecule has 2 heterocycles. The van der Waals surface area contributed by atoms with Crippen LogP contribution in [-0.2, 0) is 12.8 Å². The molecule has 0 aromatic carbocycles. The molecule has 0 saturated carbocycles. The van der Waals surface area contributed by atoms with Crippen molar-refractivity contribution in [3.05, 3.63) is 27.7 Å². The summed E-state index contributed by atoms with van der Waals surface area (Å²) in [5.74, 6) is -0.157. The fourth-order valence-corrected chi connectivity index (χ4v) is 3.24. The van der Waals surface area contributed by atoms with Crippen molar-refractivity contribution in [1.82, 2.24) is 14.8 Å². The van der Waals surface area contributed by atoms with Crippen molar-refractivity contribution >= 4 is 29.1 Å². The van der Waals surface area contributed by atoms with Crippen LogP contribution >= 0.6 is 23.1 Å². The smallest absolute Gasteiger partial charge is 0.345 e. The lowest BCUT2D eigenvalue weighted by Crippen LogP contribution is -1.93. The van der Waals surface area contributed by atoms with Crippen LogP contribution in [0.25, 0.3) is 0 Å². The summed E-state index contributed by atoms with van der Waals surface area (Å²) in [5, 5.41) is 13.7. The molecule has 2 aromatic rings. The standard InChI is InChI=1S/C10H11N3O2S2/c1-6-7(3-8(17-6)9(14)15)4-16-10-11-5-12-13(10)2/h3,5H,4H2,1-2H3,(H,14,15). The molecule has 0 spiro atoms. The third-order valence-corrected chi connectivity index (χ3v) is 4.42. The first-order valence-electron chi connectivity index (χ1n) is 4.87. The van der Waals surface area contributed by atoms with Crippen LogP contribution in [0.2, 0.25) is 0 Å². The van der Waals surface area contributed by atoms with Gasteiger partial charge in [0.05, 0.1) is 0 Å². The summed E-state index contributed by atoms with van der Waals surface area (Å²) in [6, 6.07) is 1.73. The number of aryl methyl sites for hydroxylation is 2. The topological polar surface area (TPSA) is 68.0 Å². The van der Waals surface area contributed by atoms with Gasteiger partial charge in [-0.25, -0.2) is 14.5 Å². The average molecular weight is 269 g/mol. The van der Waals surface area contributed by atoms with Crippen molar-refractivity contribution in [2.75, 3.05) is 0 Å². The first kappa shape index (κ1) is 12.1. The lowest BCUT2D eigenvalue weighted by atomic mass is 10.3. The number of hydrogen-bond acceptors (Lipinski definition) is 5. The molecular weight excluding hydrogens is 258 g/mol. The number of aromatic carboxylic acids is 1. The largest absolute Gasteiger partial charge is 0.477 e. The lowest BCUT2D eigenvalue weighted by Gasteiger charge is -1.99. The number of carbonyl (C=O) groups is 1. The molecule has 0 amide bonds. The Labute approximate surface area is 106 Å². The van der Waals surface area contributed by atoms with Crippen LogP contribution < -0.4 is 0 Å². The number of carboxylic acids is 1. The van der Waals surface area contributed by atoms with Gasteiger partial charge in [0.25, 0.3) is 0 Å². The second-order valence-corrected chi connectivity index (χ2v) is 5.65. The number of nitrogens with zero attached hydrogens (tertiary/aromatic N) is 3. The van der Waals surface area contributed by atoms with E-state index in [0.29, 0.717) is 10.6 Å². The lowest BCUT2D eigenvalue weighted by molar-refractivity contribution is 0.0702. The Balaban J connectivity index is 2.09. The minimum Gasteiger partial charge on any atom is -0.477 e. The van der Waals surface area contributed by atoms with Crippen LogP contribution in [0.1, 0.15) is 20.1 Å². The molecule has 0 saturated heterocycles. The Morgan fingerprint density at radius 2 is 2.41 bits per heavy atom. The van der Waals surface area contributed by atoms with E-state index in [0.717, 1.165) is 15.6 Å². The highest BCUT2D eigenvalue weighted by Crippen LogP contribution is 2.27. The van der Waals surface area contributed by atoms with Crippen molar-refractivity contribution in [3.8, 4) is 0 Å². The number of aromatic nitrogens is 3. The Bertz CT molecular complexity index is 547. The summed E-state index contributed by atoms with van der Waals surface area (Å²) in [4.78, 5) is 16.4. The maximum Gasteiger partial charge on any atom is 0.345 e. The third-order valence-electron chi connectivity index (χ3n) is 2.26. The zero-order chi connectivity index (χ0) is 12.4. The zero-order valence-electron chi connectivity index (χ0n) is 9.38. The third kappa shape index (κ3) is 2.67. The summed E-state index contributed by atoms with van der Waals surface area (Å²) in [7, 11) is 1.83. The molecule has 1 N–H and O–H groups in total. The highest BCUT2D eigenvalue weighted by atomic mass is 32.2. The normalized spacial score (nSPS) is 10.7. The second kappa shape index (κ2) is 4.89. The maximum absolute atomic E-state index is 10.8. The fraction of sp³-hybridized carbons (Fsp3) is 0.300. The van der Waals surface area contributed by atoms with Gasteiger partial charge in [-0.3, -0.25) is 0 Å². The van der Waals surface area contributed by atoms with E-state index in [4.69, 9.17) is 5.11 Å². The molecule has 0 fully saturated rings. The quantitative estimate of drug-likeness (QED) is 0.862. The van der Waals surface area contributed by atoms with Crippen LogP contribution in [0.5, 0.6) is 0 Å². The van der Waals surface area contributed by atoms with Gasteiger partial charge in [0.15, 0.2) is 5.16 Å². The van der Waals surface area contributed by atoms with E-state index in [-0.39, 0.29) is 0 Å². The highest BCUT2D eigenvalue weighted by Gasteiger charge is 2.12. The van der Waals surface area contributed by atoms with Crippen LogP contribution in [-0.4, -0.2) is 25.8 Å². The monoisotopic (exact) mass is 269 g/mol. The van der Waals surface area contributed by atoms with Gasteiger partial charge in [-0.2, -0.15) is 5.10 Å². The van der Waals surface area contributed by atoms with Crippen LogP contribution in [0, 0.1) is 6.92 Å². The summed E-state index contributed by atoms with van der Waals surface area (Å²) < 4.78 is 1.70. The predicted octanol–water partition coefficient (Wildman–Crippen LogP) is 2.18. The van der Waals surface area contributed by atoms with Gasteiger partial charge in [-0.15, -0.1) is 11.3 Å². The summed E-state index contributed by atoms with van der Waals surface area (Å²) in [5.41, 5.74) is 1.04. The first-order valence-corrected chi connectivity index (χ1v) is 6.67. The Morgan fingerprint density at radius 3 is 2.94 bits per heavy atom. The average Bonchev–Trinajstić information content (AvgIpc) is 2.82. The molecule has 7 heteroatoms. The summed E-state index contributed by atoms with van der Waals surface area (Å²) in [6.45, 7) is 1.93. The Hall–Kier alpha value is -1.34. The first-order chi connectivity index (χ1) is 8.08. The Kier molecular flexibility index (Phi) is 3.49. The van der Waals surface area contributed by atoms with E-state index in [1.54, 1.807) is 22.5 Å². The van der Waals surface area contributed by atoms with E-state index >= 15 is 0 Å². The number of carboxylic acid groups (broad SMARTS) is 1. The number of rotatable bonds is 4. The van der Waals surface area contributed by atoms with Gasteiger partial charge in [-0.05, 0) is 18.6 Å². The number of thioether (sulfide) groups is 1. The molecule has 0 radical (unpaired) electrons. The van der Waals surface area contributed by atoms with Crippen LogP contribution in [0.4, 0.5) is 0 Å². The van der Waals surface area contributed by atoms with Gasteiger partial charge >= 0.3 is 5.97 Å². The van der Waals surface area contributed by atoms with E-state index in [1.165, 1.54) is 17.7 Å².